The van der Waals surface area contributed by atoms with E-state index in [1.165, 1.54) is 30.5 Å². The second-order valence-electron chi connectivity index (χ2n) is 10.6. The summed E-state index contributed by atoms with van der Waals surface area (Å²) in [6, 6.07) is 10.6. The molecule has 2 aliphatic carbocycles. The smallest absolute Gasteiger partial charge is 0.416 e. The maximum Gasteiger partial charge on any atom is 0.416 e. The lowest BCUT2D eigenvalue weighted by atomic mass is 9.65. The molecule has 9 heteroatoms. The summed E-state index contributed by atoms with van der Waals surface area (Å²) in [4.78, 5) is 15.3. The third-order valence-electron chi connectivity index (χ3n) is 8.32. The molecule has 2 N–H and O–H groups in total. The maximum atomic E-state index is 12.8. The molecular weight excluding hydrogens is 483 g/mol. The number of halogens is 3. The van der Waals surface area contributed by atoms with E-state index < -0.39 is 17.8 Å². The van der Waals surface area contributed by atoms with Crippen molar-refractivity contribution < 1.29 is 27.4 Å². The first kappa shape index (κ1) is 25.7. The Kier molecular flexibility index (Phi) is 7.00. The van der Waals surface area contributed by atoms with Crippen molar-refractivity contribution in [3.63, 3.8) is 0 Å². The Morgan fingerprint density at radius 2 is 1.76 bits per heavy atom. The molecule has 0 bridgehead atoms. The van der Waals surface area contributed by atoms with Crippen LogP contribution in [0.5, 0.6) is 11.5 Å². The monoisotopic (exact) mass is 517 g/mol. The largest absolute Gasteiger partial charge is 0.493 e. The van der Waals surface area contributed by atoms with Crippen LogP contribution in [0, 0.1) is 5.92 Å². The average molecular weight is 518 g/mol. The second kappa shape index (κ2) is 10.1. The second-order valence-corrected chi connectivity index (χ2v) is 10.6. The number of ether oxygens (including phenoxy) is 2. The van der Waals surface area contributed by atoms with Crippen LogP contribution < -0.4 is 20.1 Å². The number of alkyl halides is 3. The van der Waals surface area contributed by atoms with Crippen molar-refractivity contribution in [1.29, 1.82) is 0 Å². The number of anilines is 1. The van der Waals surface area contributed by atoms with E-state index in [4.69, 9.17) is 9.47 Å². The molecule has 1 saturated heterocycles. The highest BCUT2D eigenvalue weighted by Gasteiger charge is 2.52. The molecule has 1 heterocycles. The number of nitrogens with zero attached hydrogens (tertiary/aromatic N) is 1. The van der Waals surface area contributed by atoms with Gasteiger partial charge in [0, 0.05) is 29.7 Å². The van der Waals surface area contributed by atoms with Crippen LogP contribution in [0.25, 0.3) is 0 Å². The number of carbonyl (C=O) groups excluding carboxylic acids is 1. The van der Waals surface area contributed by atoms with Gasteiger partial charge in [-0.2, -0.15) is 13.2 Å². The molecule has 200 valence electrons. The van der Waals surface area contributed by atoms with Crippen LogP contribution in [0.4, 0.5) is 23.7 Å². The molecule has 0 aromatic heterocycles. The Hall–Kier alpha value is -2.94. The molecule has 2 saturated carbocycles. The molecule has 6 nitrogen and oxygen atoms in total. The fraction of sp³-hybridized carbons (Fsp3) is 0.536. The fourth-order valence-corrected chi connectivity index (χ4v) is 6.20. The van der Waals surface area contributed by atoms with Gasteiger partial charge in [0.15, 0.2) is 11.5 Å². The minimum atomic E-state index is -4.41. The predicted molar refractivity (Wildman–Crippen MR) is 135 cm³/mol. The summed E-state index contributed by atoms with van der Waals surface area (Å²) in [7, 11) is 3.29. The third kappa shape index (κ3) is 5.37. The van der Waals surface area contributed by atoms with E-state index in [0.29, 0.717) is 11.4 Å². The summed E-state index contributed by atoms with van der Waals surface area (Å²) in [5.74, 6) is 2.20. The molecule has 0 radical (unpaired) electrons. The lowest BCUT2D eigenvalue weighted by Crippen LogP contribution is -2.53. The first-order valence-corrected chi connectivity index (χ1v) is 12.9. The number of hydrogen-bond donors (Lipinski definition) is 2. The standard InChI is InChI=1S/C28H34F3N3O3/c1-36-23-10-7-20(15-24(23)37-2)27-12-11-22(16-25(27)34(14-13-27)17-18-3-4-18)33-26(35)32-21-8-5-19(6-9-21)28(29,30)31/h5-10,15,18,22,25H,3-4,11-14,16-17H2,1-2H3,(H2,32,33,35)/t22-,25+,27-/m0/s1. The van der Waals surface area contributed by atoms with Gasteiger partial charge in [0.2, 0.25) is 0 Å². The third-order valence-corrected chi connectivity index (χ3v) is 8.32. The van der Waals surface area contributed by atoms with Crippen LogP contribution in [0.1, 0.15) is 49.7 Å². The van der Waals surface area contributed by atoms with Gasteiger partial charge in [-0.15, -0.1) is 0 Å². The average Bonchev–Trinajstić information content (AvgIpc) is 3.63. The Morgan fingerprint density at radius 3 is 2.41 bits per heavy atom. The van der Waals surface area contributed by atoms with Crippen LogP contribution in [-0.4, -0.2) is 50.3 Å². The highest BCUT2D eigenvalue weighted by Crippen LogP contribution is 2.51. The highest BCUT2D eigenvalue weighted by atomic mass is 19.4. The number of likely N-dealkylation sites (tertiary alicyclic amines) is 1. The van der Waals surface area contributed by atoms with E-state index in [1.807, 2.05) is 6.07 Å². The SMILES string of the molecule is COc1ccc([C@@]23CC[C@H](NC(=O)Nc4ccc(C(F)(F)F)cc4)C[C@H]2N(CC2CC2)CC3)cc1OC. The lowest BCUT2D eigenvalue weighted by Gasteiger charge is -2.45. The molecule has 2 amide bonds. The minimum absolute atomic E-state index is 0.0173. The number of rotatable bonds is 7. The van der Waals surface area contributed by atoms with Crippen molar-refractivity contribution in [2.45, 2.75) is 62.2 Å². The molecular formula is C28H34F3N3O3. The van der Waals surface area contributed by atoms with E-state index in [2.05, 4.69) is 27.7 Å². The van der Waals surface area contributed by atoms with E-state index in [1.54, 1.807) is 14.2 Å². The quantitative estimate of drug-likeness (QED) is 0.486. The molecule has 2 aromatic carbocycles. The van der Waals surface area contributed by atoms with E-state index in [-0.39, 0.29) is 17.5 Å². The zero-order valence-corrected chi connectivity index (χ0v) is 21.2. The molecule has 3 atom stereocenters. The zero-order valence-electron chi connectivity index (χ0n) is 21.2. The van der Waals surface area contributed by atoms with Crippen LogP contribution >= 0.6 is 0 Å². The topological polar surface area (TPSA) is 62.8 Å². The predicted octanol–water partition coefficient (Wildman–Crippen LogP) is 5.82. The van der Waals surface area contributed by atoms with Crippen LogP contribution in [0.15, 0.2) is 42.5 Å². The van der Waals surface area contributed by atoms with Crippen molar-refractivity contribution >= 4 is 11.7 Å². The first-order valence-electron chi connectivity index (χ1n) is 12.9. The molecule has 5 rings (SSSR count). The van der Waals surface area contributed by atoms with Gasteiger partial charge in [0.25, 0.3) is 0 Å². The Labute approximate surface area is 215 Å². The minimum Gasteiger partial charge on any atom is -0.493 e. The molecule has 3 fully saturated rings. The zero-order chi connectivity index (χ0) is 26.2. The van der Waals surface area contributed by atoms with Crippen molar-refractivity contribution in [2.24, 2.45) is 5.92 Å². The summed E-state index contributed by atoms with van der Waals surface area (Å²) in [5.41, 5.74) is 0.823. The Balaban J connectivity index is 1.30. The first-order chi connectivity index (χ1) is 17.7. The van der Waals surface area contributed by atoms with Gasteiger partial charge in [-0.1, -0.05) is 6.07 Å². The van der Waals surface area contributed by atoms with Crippen LogP contribution in [0.2, 0.25) is 0 Å². The van der Waals surface area contributed by atoms with E-state index >= 15 is 0 Å². The Morgan fingerprint density at radius 1 is 1.03 bits per heavy atom. The fourth-order valence-electron chi connectivity index (χ4n) is 6.20. The summed E-state index contributed by atoms with van der Waals surface area (Å²) in [6.07, 6.45) is 1.79. The molecule has 0 unspecified atom stereocenters. The molecule has 1 aliphatic heterocycles. The molecule has 37 heavy (non-hydrogen) atoms. The number of urea groups is 1. The number of benzene rings is 2. The van der Waals surface area contributed by atoms with E-state index in [0.717, 1.165) is 62.6 Å². The maximum absolute atomic E-state index is 12.8. The van der Waals surface area contributed by atoms with Crippen molar-refractivity contribution in [3.8, 4) is 11.5 Å². The number of carbonyl (C=O) groups is 1. The number of amides is 2. The highest BCUT2D eigenvalue weighted by molar-refractivity contribution is 5.89. The summed E-state index contributed by atoms with van der Waals surface area (Å²) >= 11 is 0. The van der Waals surface area contributed by atoms with Gasteiger partial charge in [-0.25, -0.2) is 4.79 Å². The lowest BCUT2D eigenvalue weighted by molar-refractivity contribution is -0.137. The van der Waals surface area contributed by atoms with Gasteiger partial charge < -0.3 is 20.1 Å². The normalized spacial score (nSPS) is 25.9. The molecule has 0 spiro atoms. The van der Waals surface area contributed by atoms with Crippen LogP contribution in [0.3, 0.4) is 0 Å². The van der Waals surface area contributed by atoms with Crippen molar-refractivity contribution in [1.82, 2.24) is 10.2 Å². The molecule has 2 aromatic rings. The van der Waals surface area contributed by atoms with E-state index in [9.17, 15) is 18.0 Å². The van der Waals surface area contributed by atoms with Gasteiger partial charge in [0.1, 0.15) is 0 Å². The summed E-state index contributed by atoms with van der Waals surface area (Å²) in [6.45, 7) is 2.12. The number of fused-ring (bicyclic) bond motifs is 1. The van der Waals surface area contributed by atoms with Gasteiger partial charge in [-0.05, 0) is 92.9 Å². The van der Waals surface area contributed by atoms with Gasteiger partial charge in [0.05, 0.1) is 19.8 Å². The molecule has 3 aliphatic rings. The number of nitrogens with one attached hydrogen (secondary N) is 2. The van der Waals surface area contributed by atoms with Crippen molar-refractivity contribution in [3.05, 3.63) is 53.6 Å². The van der Waals surface area contributed by atoms with Gasteiger partial charge in [-0.3, -0.25) is 4.90 Å². The van der Waals surface area contributed by atoms with Crippen molar-refractivity contribution in [2.75, 3.05) is 32.6 Å². The summed E-state index contributed by atoms with van der Waals surface area (Å²) in [5, 5.41) is 5.77. The number of hydrogen-bond acceptors (Lipinski definition) is 4. The van der Waals surface area contributed by atoms with Crippen LogP contribution in [-0.2, 0) is 11.6 Å². The summed E-state index contributed by atoms with van der Waals surface area (Å²) < 4.78 is 49.6. The Bertz CT molecular complexity index is 1120. The van der Waals surface area contributed by atoms with Gasteiger partial charge >= 0.3 is 12.2 Å². The number of methoxy groups -OCH3 is 2.